The van der Waals surface area contributed by atoms with Crippen molar-refractivity contribution < 1.29 is 4.74 Å². The summed E-state index contributed by atoms with van der Waals surface area (Å²) < 4.78 is 5.66. The molecule has 27 heavy (non-hydrogen) atoms. The van der Waals surface area contributed by atoms with Gasteiger partial charge in [-0.15, -0.1) is 0 Å². The minimum atomic E-state index is 0.201. The Bertz CT molecular complexity index is 1010. The number of thioether (sulfide) groups is 1. The second kappa shape index (κ2) is 7.59. The van der Waals surface area contributed by atoms with Crippen LogP contribution in [0.4, 0.5) is 5.95 Å². The predicted molar refractivity (Wildman–Crippen MR) is 110 cm³/mol. The van der Waals surface area contributed by atoms with Gasteiger partial charge in [-0.1, -0.05) is 41.6 Å². The van der Waals surface area contributed by atoms with Gasteiger partial charge in [0.2, 0.25) is 5.95 Å². The lowest BCUT2D eigenvalue weighted by atomic mass is 9.94. The van der Waals surface area contributed by atoms with Gasteiger partial charge < -0.3 is 15.4 Å². The molecule has 0 unspecified atom stereocenters. The largest absolute Gasteiger partial charge is 0.372 e. The maximum atomic E-state index is 6.64. The SMILES string of the molecule is CN(C)CCSc1nc(N)nc(-c2c(Cl)cc3c4c(cccc24)COC3)n1. The van der Waals surface area contributed by atoms with Crippen LogP contribution in [0.5, 0.6) is 0 Å². The molecule has 1 aliphatic heterocycles. The molecule has 2 N–H and O–H groups in total. The molecule has 0 saturated carbocycles. The molecule has 1 aliphatic rings. The maximum Gasteiger partial charge on any atom is 0.224 e. The van der Waals surface area contributed by atoms with E-state index in [-0.39, 0.29) is 5.95 Å². The van der Waals surface area contributed by atoms with Crippen LogP contribution < -0.4 is 5.73 Å². The molecule has 6 nitrogen and oxygen atoms in total. The first-order valence-corrected chi connectivity index (χ1v) is 9.99. The van der Waals surface area contributed by atoms with Crippen molar-refractivity contribution in [2.24, 2.45) is 0 Å². The molecule has 2 aromatic carbocycles. The second-order valence-corrected chi connectivity index (χ2v) is 8.15. The first kappa shape index (κ1) is 18.4. The molecule has 1 aromatic heterocycles. The number of benzene rings is 2. The average molecular weight is 402 g/mol. The van der Waals surface area contributed by atoms with Gasteiger partial charge in [0.25, 0.3) is 0 Å². The Labute approximate surface area is 167 Å². The highest BCUT2D eigenvalue weighted by Gasteiger charge is 2.20. The normalized spacial score (nSPS) is 13.5. The minimum Gasteiger partial charge on any atom is -0.372 e. The number of aromatic nitrogens is 3. The second-order valence-electron chi connectivity index (χ2n) is 6.68. The Morgan fingerprint density at radius 1 is 1.19 bits per heavy atom. The Balaban J connectivity index is 1.82. The Kier molecular flexibility index (Phi) is 5.19. The molecular formula is C19H20ClN5OS. The highest BCUT2D eigenvalue weighted by molar-refractivity contribution is 7.99. The number of nitrogen functional groups attached to an aromatic ring is 1. The molecule has 0 atom stereocenters. The topological polar surface area (TPSA) is 77.2 Å². The lowest BCUT2D eigenvalue weighted by molar-refractivity contribution is 0.103. The lowest BCUT2D eigenvalue weighted by Gasteiger charge is -2.20. The van der Waals surface area contributed by atoms with Crippen molar-refractivity contribution in [1.82, 2.24) is 19.9 Å². The van der Waals surface area contributed by atoms with Crippen LogP contribution in [-0.4, -0.2) is 46.2 Å². The third kappa shape index (κ3) is 3.73. The number of hydrogen-bond donors (Lipinski definition) is 1. The quantitative estimate of drug-likeness (QED) is 0.654. The summed E-state index contributed by atoms with van der Waals surface area (Å²) in [5, 5.41) is 3.39. The van der Waals surface area contributed by atoms with Gasteiger partial charge in [0.05, 0.1) is 18.2 Å². The molecule has 0 amide bonds. The molecule has 0 radical (unpaired) electrons. The van der Waals surface area contributed by atoms with Crippen LogP contribution in [-0.2, 0) is 18.0 Å². The van der Waals surface area contributed by atoms with Gasteiger partial charge in [-0.25, -0.2) is 4.98 Å². The van der Waals surface area contributed by atoms with E-state index >= 15 is 0 Å². The van der Waals surface area contributed by atoms with Crippen LogP contribution in [0.25, 0.3) is 22.2 Å². The van der Waals surface area contributed by atoms with Gasteiger partial charge in [0.1, 0.15) is 0 Å². The summed E-state index contributed by atoms with van der Waals surface area (Å²) in [6.07, 6.45) is 0. The van der Waals surface area contributed by atoms with E-state index in [9.17, 15) is 0 Å². The molecule has 3 aromatic rings. The molecule has 8 heteroatoms. The lowest BCUT2D eigenvalue weighted by Crippen LogP contribution is -2.15. The minimum absolute atomic E-state index is 0.201. The van der Waals surface area contributed by atoms with E-state index in [4.69, 9.17) is 22.1 Å². The number of rotatable bonds is 5. The van der Waals surface area contributed by atoms with Gasteiger partial charge in [-0.2, -0.15) is 9.97 Å². The first-order chi connectivity index (χ1) is 13.0. The van der Waals surface area contributed by atoms with E-state index < -0.39 is 0 Å². The fraction of sp³-hybridized carbons (Fsp3) is 0.316. The Morgan fingerprint density at radius 3 is 2.81 bits per heavy atom. The number of halogens is 1. The van der Waals surface area contributed by atoms with Gasteiger partial charge in [0, 0.05) is 17.9 Å². The molecular weight excluding hydrogens is 382 g/mol. The van der Waals surface area contributed by atoms with Gasteiger partial charge >= 0.3 is 0 Å². The standard InChI is InChI=1S/C19H20ClN5OS/c1-25(2)6-7-27-19-23-17(22-18(21)24-19)16-13-5-3-4-11-9-26-10-12(15(11)13)8-14(16)20/h3-5,8H,6-7,9-10H2,1-2H3,(H2,21,22,23,24). The van der Waals surface area contributed by atoms with Crippen LogP contribution in [0.3, 0.4) is 0 Å². The van der Waals surface area contributed by atoms with Crippen LogP contribution >= 0.6 is 23.4 Å². The number of ether oxygens (including phenoxy) is 1. The van der Waals surface area contributed by atoms with Crippen molar-refractivity contribution in [3.05, 3.63) is 40.4 Å². The number of nitrogens with two attached hydrogens (primary N) is 1. The Hall–Kier alpha value is -1.93. The van der Waals surface area contributed by atoms with E-state index in [2.05, 4.69) is 25.9 Å². The van der Waals surface area contributed by atoms with E-state index in [0.29, 0.717) is 29.2 Å². The molecule has 4 rings (SSSR count). The zero-order chi connectivity index (χ0) is 19.0. The maximum absolute atomic E-state index is 6.64. The van der Waals surface area contributed by atoms with E-state index in [1.54, 1.807) is 11.8 Å². The molecule has 0 fully saturated rings. The van der Waals surface area contributed by atoms with Gasteiger partial charge in [-0.05, 0) is 42.1 Å². The van der Waals surface area contributed by atoms with Crippen molar-refractivity contribution in [2.75, 3.05) is 32.1 Å². The number of hydrogen-bond acceptors (Lipinski definition) is 7. The molecule has 2 heterocycles. The monoisotopic (exact) mass is 401 g/mol. The summed E-state index contributed by atoms with van der Waals surface area (Å²) in [5.41, 5.74) is 9.00. The number of nitrogens with zero attached hydrogens (tertiary/aromatic N) is 4. The van der Waals surface area contributed by atoms with E-state index in [1.165, 1.54) is 5.39 Å². The van der Waals surface area contributed by atoms with Crippen LogP contribution in [0.1, 0.15) is 11.1 Å². The summed E-state index contributed by atoms with van der Waals surface area (Å²) in [4.78, 5) is 15.4. The number of anilines is 1. The van der Waals surface area contributed by atoms with Crippen molar-refractivity contribution in [3.8, 4) is 11.4 Å². The van der Waals surface area contributed by atoms with Gasteiger partial charge in [0.15, 0.2) is 11.0 Å². The van der Waals surface area contributed by atoms with Crippen molar-refractivity contribution in [2.45, 2.75) is 18.4 Å². The molecule has 0 saturated heterocycles. The summed E-state index contributed by atoms with van der Waals surface area (Å²) >= 11 is 8.20. The fourth-order valence-corrected chi connectivity index (χ4v) is 4.48. The average Bonchev–Trinajstić information content (AvgIpc) is 2.61. The molecule has 140 valence electrons. The summed E-state index contributed by atoms with van der Waals surface area (Å²) in [5.74, 6) is 1.58. The molecule has 0 aliphatic carbocycles. The predicted octanol–water partition coefficient (Wildman–Crippen LogP) is 3.61. The smallest absolute Gasteiger partial charge is 0.224 e. The fourth-order valence-electron chi connectivity index (χ4n) is 3.21. The third-order valence-corrected chi connectivity index (χ3v) is 5.55. The van der Waals surface area contributed by atoms with Crippen LogP contribution in [0.15, 0.2) is 29.4 Å². The zero-order valence-electron chi connectivity index (χ0n) is 15.2. The first-order valence-electron chi connectivity index (χ1n) is 8.63. The summed E-state index contributed by atoms with van der Waals surface area (Å²) in [6.45, 7) is 2.07. The molecule has 0 bridgehead atoms. The Morgan fingerprint density at radius 2 is 2.00 bits per heavy atom. The molecule has 0 spiro atoms. The van der Waals surface area contributed by atoms with E-state index in [0.717, 1.165) is 34.4 Å². The van der Waals surface area contributed by atoms with Crippen LogP contribution in [0.2, 0.25) is 5.02 Å². The highest BCUT2D eigenvalue weighted by Crippen LogP contribution is 2.39. The van der Waals surface area contributed by atoms with Crippen molar-refractivity contribution >= 4 is 40.1 Å². The van der Waals surface area contributed by atoms with E-state index in [1.807, 2.05) is 32.3 Å². The summed E-state index contributed by atoms with van der Waals surface area (Å²) in [7, 11) is 4.07. The van der Waals surface area contributed by atoms with Crippen molar-refractivity contribution in [1.29, 1.82) is 0 Å². The van der Waals surface area contributed by atoms with Crippen LogP contribution in [0, 0.1) is 0 Å². The van der Waals surface area contributed by atoms with Gasteiger partial charge in [-0.3, -0.25) is 0 Å². The zero-order valence-corrected chi connectivity index (χ0v) is 16.8. The van der Waals surface area contributed by atoms with Crippen molar-refractivity contribution in [3.63, 3.8) is 0 Å². The third-order valence-electron chi connectivity index (χ3n) is 4.42. The highest BCUT2D eigenvalue weighted by atomic mass is 35.5. The summed E-state index contributed by atoms with van der Waals surface area (Å²) in [6, 6.07) is 8.08.